The van der Waals surface area contributed by atoms with Gasteiger partial charge in [0.05, 0.1) is 0 Å². The van der Waals surface area contributed by atoms with E-state index in [1.54, 1.807) is 24.3 Å². The molecule has 2 aromatic carbocycles. The van der Waals surface area contributed by atoms with Crippen LogP contribution in [0.5, 0.6) is 0 Å². The molecule has 1 saturated heterocycles. The Morgan fingerprint density at radius 1 is 1.14 bits per heavy atom. The Labute approximate surface area is 168 Å². The number of hydrogen-bond donors (Lipinski definition) is 2. The number of anilines is 1. The highest BCUT2D eigenvalue weighted by atomic mass is 35.5. The van der Waals surface area contributed by atoms with E-state index >= 15 is 0 Å². The highest BCUT2D eigenvalue weighted by Gasteiger charge is 2.25. The number of carbonyl (C=O) groups excluding carboxylic acids is 2. The van der Waals surface area contributed by atoms with Crippen molar-refractivity contribution in [3.8, 4) is 0 Å². The van der Waals surface area contributed by atoms with Crippen molar-refractivity contribution in [2.45, 2.75) is 20.4 Å². The molecule has 0 atom stereocenters. The summed E-state index contributed by atoms with van der Waals surface area (Å²) in [6.45, 7) is 4.40. The van der Waals surface area contributed by atoms with Crippen LogP contribution in [0, 0.1) is 0 Å². The average Bonchev–Trinajstić information content (AvgIpc) is 3.01. The van der Waals surface area contributed by atoms with Crippen molar-refractivity contribution in [1.82, 2.24) is 10.2 Å². The summed E-state index contributed by atoms with van der Waals surface area (Å²) in [6.07, 6.45) is 0. The molecule has 2 amide bonds. The number of guanidine groups is 1. The van der Waals surface area contributed by atoms with Gasteiger partial charge in [-0.1, -0.05) is 23.7 Å². The Bertz CT molecular complexity index is 932. The largest absolute Gasteiger partial charge is 0.327 e. The lowest BCUT2D eigenvalue weighted by molar-refractivity contribution is -0.118. The predicted molar refractivity (Wildman–Crippen MR) is 111 cm³/mol. The van der Waals surface area contributed by atoms with Gasteiger partial charge in [-0.15, -0.1) is 5.10 Å². The van der Waals surface area contributed by atoms with Crippen molar-refractivity contribution < 1.29 is 9.59 Å². The van der Waals surface area contributed by atoms with Crippen LogP contribution in [0.1, 0.15) is 29.8 Å². The second-order valence-electron chi connectivity index (χ2n) is 6.53. The lowest BCUT2D eigenvalue weighted by Gasteiger charge is -2.16. The maximum atomic E-state index is 12.3. The molecular formula is C20H20ClN5O2. The predicted octanol–water partition coefficient (Wildman–Crippen LogP) is 3.28. The van der Waals surface area contributed by atoms with Crippen molar-refractivity contribution >= 4 is 40.8 Å². The molecule has 1 fully saturated rings. The molecule has 0 unspecified atom stereocenters. The minimum Gasteiger partial charge on any atom is -0.327 e. The van der Waals surface area contributed by atoms with Crippen molar-refractivity contribution in [2.75, 3.05) is 11.9 Å². The molecule has 1 heterocycles. The summed E-state index contributed by atoms with van der Waals surface area (Å²) in [5.41, 5.74) is 2.99. The molecule has 1 aliphatic rings. The monoisotopic (exact) mass is 397 g/mol. The Morgan fingerprint density at radius 2 is 1.82 bits per heavy atom. The van der Waals surface area contributed by atoms with Crippen molar-refractivity contribution in [1.29, 1.82) is 0 Å². The summed E-state index contributed by atoms with van der Waals surface area (Å²) in [6, 6.07) is 14.1. The minimum atomic E-state index is -0.207. The maximum Gasteiger partial charge on any atom is 0.255 e. The fourth-order valence-corrected chi connectivity index (χ4v) is 2.70. The van der Waals surface area contributed by atoms with Crippen LogP contribution in [-0.2, 0) is 11.3 Å². The molecule has 0 aromatic heterocycles. The zero-order valence-electron chi connectivity index (χ0n) is 15.6. The third kappa shape index (κ3) is 5.17. The lowest BCUT2D eigenvalue weighted by atomic mass is 10.1. The van der Waals surface area contributed by atoms with E-state index in [2.05, 4.69) is 20.8 Å². The quantitative estimate of drug-likeness (QED) is 0.599. The standard InChI is InChI=1S/C20H20ClN5O2/c1-13(2)24-25-20-23-18(27)12-26(20)11-14-3-9-17(10-4-14)22-19(28)15-5-7-16(21)8-6-15/h3-10H,11-12H2,1-2H3,(H,22,28)(H,23,25,27). The fourth-order valence-electron chi connectivity index (χ4n) is 2.58. The van der Waals surface area contributed by atoms with E-state index in [0.29, 0.717) is 28.8 Å². The second-order valence-corrected chi connectivity index (χ2v) is 6.97. The van der Waals surface area contributed by atoms with E-state index in [4.69, 9.17) is 11.6 Å². The third-order valence-electron chi connectivity index (χ3n) is 3.92. The third-order valence-corrected chi connectivity index (χ3v) is 4.17. The molecule has 2 N–H and O–H groups in total. The number of nitrogens with zero attached hydrogens (tertiary/aromatic N) is 3. The normalized spacial score (nSPS) is 14.8. The summed E-state index contributed by atoms with van der Waals surface area (Å²) in [5.74, 6) is 0.113. The Kier molecular flexibility index (Phi) is 6.06. The van der Waals surface area contributed by atoms with Crippen LogP contribution in [-0.4, -0.2) is 34.9 Å². The maximum absolute atomic E-state index is 12.3. The molecule has 1 aliphatic heterocycles. The minimum absolute atomic E-state index is 0.116. The first-order valence-corrected chi connectivity index (χ1v) is 9.08. The van der Waals surface area contributed by atoms with Crippen molar-refractivity contribution in [3.05, 3.63) is 64.7 Å². The highest BCUT2D eigenvalue weighted by Crippen LogP contribution is 2.15. The topological polar surface area (TPSA) is 86.2 Å². The highest BCUT2D eigenvalue weighted by molar-refractivity contribution is 6.30. The number of hydrogen-bond acceptors (Lipinski definition) is 4. The molecule has 8 heteroatoms. The molecule has 0 radical (unpaired) electrons. The van der Waals surface area contributed by atoms with Gasteiger partial charge in [0.1, 0.15) is 6.54 Å². The second kappa shape index (κ2) is 8.67. The SMILES string of the molecule is CC(C)=NN=C1NC(=O)CN1Cc1ccc(NC(=O)c2ccc(Cl)cc2)cc1. The van der Waals surface area contributed by atoms with Gasteiger partial charge in [-0.2, -0.15) is 5.10 Å². The summed E-state index contributed by atoms with van der Waals surface area (Å²) < 4.78 is 0. The Hall–Kier alpha value is -3.19. The van der Waals surface area contributed by atoms with E-state index in [-0.39, 0.29) is 18.4 Å². The first-order chi connectivity index (χ1) is 13.4. The van der Waals surface area contributed by atoms with Gasteiger partial charge in [-0.05, 0) is 55.8 Å². The Balaban J connectivity index is 1.64. The van der Waals surface area contributed by atoms with E-state index < -0.39 is 0 Å². The van der Waals surface area contributed by atoms with Gasteiger partial charge in [0, 0.05) is 28.5 Å². The average molecular weight is 398 g/mol. The lowest BCUT2D eigenvalue weighted by Crippen LogP contribution is -2.29. The van der Waals surface area contributed by atoms with Gasteiger partial charge >= 0.3 is 0 Å². The molecule has 2 aromatic rings. The zero-order chi connectivity index (χ0) is 20.1. The van der Waals surface area contributed by atoms with E-state index in [9.17, 15) is 9.59 Å². The molecule has 0 saturated carbocycles. The van der Waals surface area contributed by atoms with Crippen LogP contribution in [0.3, 0.4) is 0 Å². The smallest absolute Gasteiger partial charge is 0.255 e. The van der Waals surface area contributed by atoms with Gasteiger partial charge in [-0.25, -0.2) is 0 Å². The molecule has 7 nitrogen and oxygen atoms in total. The zero-order valence-corrected chi connectivity index (χ0v) is 16.3. The van der Waals surface area contributed by atoms with Crippen LogP contribution < -0.4 is 10.6 Å². The number of rotatable bonds is 5. The molecule has 0 spiro atoms. The molecule has 0 aliphatic carbocycles. The van der Waals surface area contributed by atoms with Crippen LogP contribution in [0.4, 0.5) is 5.69 Å². The first kappa shape index (κ1) is 19.6. The van der Waals surface area contributed by atoms with Crippen LogP contribution >= 0.6 is 11.6 Å². The molecule has 28 heavy (non-hydrogen) atoms. The van der Waals surface area contributed by atoms with Crippen LogP contribution in [0.2, 0.25) is 5.02 Å². The number of halogens is 1. The summed E-state index contributed by atoms with van der Waals surface area (Å²) >= 11 is 5.84. The summed E-state index contributed by atoms with van der Waals surface area (Å²) in [4.78, 5) is 25.8. The molecular weight excluding hydrogens is 378 g/mol. The van der Waals surface area contributed by atoms with Gasteiger partial charge in [0.25, 0.3) is 5.91 Å². The van der Waals surface area contributed by atoms with Crippen molar-refractivity contribution in [2.24, 2.45) is 10.2 Å². The van der Waals surface area contributed by atoms with Gasteiger partial charge in [0.15, 0.2) is 0 Å². The number of benzene rings is 2. The summed E-state index contributed by atoms with van der Waals surface area (Å²) in [5, 5.41) is 14.2. The van der Waals surface area contributed by atoms with E-state index in [1.807, 2.05) is 43.0 Å². The van der Waals surface area contributed by atoms with Gasteiger partial charge in [-0.3, -0.25) is 14.9 Å². The number of amides is 2. The van der Waals surface area contributed by atoms with Crippen LogP contribution in [0.25, 0.3) is 0 Å². The van der Waals surface area contributed by atoms with Gasteiger partial charge < -0.3 is 10.2 Å². The van der Waals surface area contributed by atoms with Crippen molar-refractivity contribution in [3.63, 3.8) is 0 Å². The number of nitrogens with one attached hydrogen (secondary N) is 2. The number of carbonyl (C=O) groups is 2. The summed E-state index contributed by atoms with van der Waals surface area (Å²) in [7, 11) is 0. The first-order valence-electron chi connectivity index (χ1n) is 8.70. The fraction of sp³-hybridized carbons (Fsp3) is 0.200. The Morgan fingerprint density at radius 3 is 2.46 bits per heavy atom. The van der Waals surface area contributed by atoms with Gasteiger partial charge in [0.2, 0.25) is 11.9 Å². The van der Waals surface area contributed by atoms with Crippen LogP contribution in [0.15, 0.2) is 58.7 Å². The van der Waals surface area contributed by atoms with E-state index in [0.717, 1.165) is 11.3 Å². The van der Waals surface area contributed by atoms with E-state index in [1.165, 1.54) is 0 Å². The molecule has 0 bridgehead atoms. The molecule has 3 rings (SSSR count). The molecule has 144 valence electrons.